The maximum atomic E-state index is 13.4. The zero-order valence-electron chi connectivity index (χ0n) is 16.2. The lowest BCUT2D eigenvalue weighted by Crippen LogP contribution is -2.42. The Morgan fingerprint density at radius 1 is 1.35 bits per heavy atom. The van der Waals surface area contributed by atoms with Crippen molar-refractivity contribution < 1.29 is 9.50 Å². The number of hydrogen-bond acceptors (Lipinski definition) is 2. The van der Waals surface area contributed by atoms with Gasteiger partial charge in [-0.3, -0.25) is 0 Å². The molecule has 26 heavy (non-hydrogen) atoms. The van der Waals surface area contributed by atoms with E-state index in [1.54, 1.807) is 12.2 Å². The molecule has 0 aromatic heterocycles. The fraction of sp³-hybridized carbons (Fsp3) is 0.565. The summed E-state index contributed by atoms with van der Waals surface area (Å²) in [5.41, 5.74) is 4.01. The molecule has 1 heterocycles. The normalized spacial score (nSPS) is 28.9. The Kier molecular flexibility index (Phi) is 6.18. The van der Waals surface area contributed by atoms with Crippen molar-refractivity contribution in [2.24, 2.45) is 17.8 Å². The lowest BCUT2D eigenvalue weighted by molar-refractivity contribution is 0.208. The van der Waals surface area contributed by atoms with Crippen molar-refractivity contribution in [1.82, 2.24) is 0 Å². The maximum Gasteiger partial charge on any atom is 0.118 e. The topological polar surface area (TPSA) is 32.3 Å². The molecule has 1 unspecified atom stereocenters. The van der Waals surface area contributed by atoms with E-state index in [1.807, 2.05) is 6.08 Å². The standard InChI is InChI=1S/C23H32FNO/c1-4-17-6-12-22-21(13-17)16(3)20(11-5-15(2)14-26)23(25-22)18-7-9-19(24)10-8-18/h6-7,9-10,12-13,15-16,18,20,23,25-26H,4-5,8,11,14H2,1-3H3/t15-,16+,18?,20-,23+/m1/s1. The number of fused-ring (bicyclic) bond motifs is 1. The Morgan fingerprint density at radius 2 is 2.15 bits per heavy atom. The molecule has 0 fully saturated rings. The monoisotopic (exact) mass is 357 g/mol. The van der Waals surface area contributed by atoms with Gasteiger partial charge < -0.3 is 10.4 Å². The van der Waals surface area contributed by atoms with Crippen LogP contribution in [-0.2, 0) is 6.42 Å². The van der Waals surface area contributed by atoms with E-state index >= 15 is 0 Å². The highest BCUT2D eigenvalue weighted by molar-refractivity contribution is 5.58. The molecule has 5 atom stereocenters. The molecule has 1 aromatic carbocycles. The van der Waals surface area contributed by atoms with Gasteiger partial charge in [0, 0.05) is 24.3 Å². The summed E-state index contributed by atoms with van der Waals surface area (Å²) in [6, 6.07) is 7.08. The quantitative estimate of drug-likeness (QED) is 0.694. The van der Waals surface area contributed by atoms with Gasteiger partial charge in [-0.15, -0.1) is 0 Å². The molecule has 3 heteroatoms. The average Bonchev–Trinajstić information content (AvgIpc) is 2.67. The number of aryl methyl sites for hydroxylation is 1. The van der Waals surface area contributed by atoms with E-state index in [9.17, 15) is 9.50 Å². The van der Waals surface area contributed by atoms with Crippen LogP contribution in [0.2, 0.25) is 0 Å². The molecule has 0 saturated carbocycles. The fourth-order valence-corrected chi connectivity index (χ4v) is 4.47. The molecular formula is C23H32FNO. The number of halogens is 1. The molecule has 0 radical (unpaired) electrons. The van der Waals surface area contributed by atoms with Crippen molar-refractivity contribution in [2.75, 3.05) is 11.9 Å². The Hall–Kier alpha value is -1.61. The van der Waals surface area contributed by atoms with E-state index in [4.69, 9.17) is 0 Å². The SMILES string of the molecule is CCc1ccc2c(c1)[C@@H](C)[C@@H](CC[C@@H](C)CO)[C@H](C1C=CC(F)=CC1)N2. The van der Waals surface area contributed by atoms with E-state index in [1.165, 1.54) is 16.8 Å². The summed E-state index contributed by atoms with van der Waals surface area (Å²) in [5.74, 6) is 1.45. The molecule has 2 N–H and O–H groups in total. The summed E-state index contributed by atoms with van der Waals surface area (Å²) < 4.78 is 13.4. The lowest BCUT2D eigenvalue weighted by atomic mass is 9.70. The van der Waals surface area contributed by atoms with Crippen molar-refractivity contribution in [3.8, 4) is 0 Å². The Balaban J connectivity index is 1.88. The van der Waals surface area contributed by atoms with Crippen LogP contribution in [0.3, 0.4) is 0 Å². The van der Waals surface area contributed by atoms with Gasteiger partial charge in [0.2, 0.25) is 0 Å². The van der Waals surface area contributed by atoms with Gasteiger partial charge >= 0.3 is 0 Å². The van der Waals surface area contributed by atoms with Crippen molar-refractivity contribution >= 4 is 5.69 Å². The lowest BCUT2D eigenvalue weighted by Gasteiger charge is -2.43. The second-order valence-corrected chi connectivity index (χ2v) is 8.11. The Labute approximate surface area is 157 Å². The smallest absolute Gasteiger partial charge is 0.118 e. The summed E-state index contributed by atoms with van der Waals surface area (Å²) >= 11 is 0. The van der Waals surface area contributed by atoms with Crippen molar-refractivity contribution in [3.05, 3.63) is 53.4 Å². The van der Waals surface area contributed by atoms with E-state index in [0.717, 1.165) is 25.7 Å². The van der Waals surface area contributed by atoms with Crippen molar-refractivity contribution in [3.63, 3.8) is 0 Å². The largest absolute Gasteiger partial charge is 0.396 e. The van der Waals surface area contributed by atoms with Gasteiger partial charge in [-0.2, -0.15) is 0 Å². The summed E-state index contributed by atoms with van der Waals surface area (Å²) in [6.07, 6.45) is 9.25. The molecular weight excluding hydrogens is 325 g/mol. The third-order valence-electron chi connectivity index (χ3n) is 6.29. The number of aliphatic hydroxyl groups is 1. The van der Waals surface area contributed by atoms with E-state index < -0.39 is 0 Å². The van der Waals surface area contributed by atoms with Crippen LogP contribution >= 0.6 is 0 Å². The van der Waals surface area contributed by atoms with Crippen LogP contribution in [0.5, 0.6) is 0 Å². The number of allylic oxidation sites excluding steroid dienone is 3. The molecule has 0 bridgehead atoms. The number of benzene rings is 1. The minimum absolute atomic E-state index is 0.122. The van der Waals surface area contributed by atoms with E-state index in [0.29, 0.717) is 29.7 Å². The molecule has 142 valence electrons. The molecule has 2 nitrogen and oxygen atoms in total. The first-order valence-corrected chi connectivity index (χ1v) is 10.1. The van der Waals surface area contributed by atoms with Crippen molar-refractivity contribution in [2.45, 2.75) is 58.4 Å². The Bertz CT molecular complexity index is 681. The molecule has 3 rings (SSSR count). The van der Waals surface area contributed by atoms with Gasteiger partial charge in [0.15, 0.2) is 0 Å². The van der Waals surface area contributed by atoms with Gasteiger partial charge in [0.1, 0.15) is 5.83 Å². The van der Waals surface area contributed by atoms with Crippen molar-refractivity contribution in [1.29, 1.82) is 0 Å². The van der Waals surface area contributed by atoms with Gasteiger partial charge in [-0.1, -0.05) is 39.0 Å². The molecule has 0 saturated heterocycles. The van der Waals surface area contributed by atoms with Crippen LogP contribution in [0.4, 0.5) is 10.1 Å². The number of anilines is 1. The van der Waals surface area contributed by atoms with Crippen LogP contribution in [0.25, 0.3) is 0 Å². The third kappa shape index (κ3) is 4.03. The van der Waals surface area contributed by atoms with Crippen LogP contribution in [-0.4, -0.2) is 17.8 Å². The Morgan fingerprint density at radius 3 is 2.81 bits per heavy atom. The summed E-state index contributed by atoms with van der Waals surface area (Å²) in [4.78, 5) is 0. The van der Waals surface area contributed by atoms with Crippen LogP contribution < -0.4 is 5.32 Å². The summed E-state index contributed by atoms with van der Waals surface area (Å²) in [7, 11) is 0. The first kappa shape index (κ1) is 19.2. The molecule has 2 aliphatic rings. The fourth-order valence-electron chi connectivity index (χ4n) is 4.47. The second kappa shape index (κ2) is 8.39. The highest BCUT2D eigenvalue weighted by Crippen LogP contribution is 2.44. The van der Waals surface area contributed by atoms with Crippen LogP contribution in [0.15, 0.2) is 42.3 Å². The molecule has 1 aromatic rings. The summed E-state index contributed by atoms with van der Waals surface area (Å²) in [5, 5.41) is 13.2. The zero-order chi connectivity index (χ0) is 18.7. The number of rotatable bonds is 6. The summed E-state index contributed by atoms with van der Waals surface area (Å²) in [6.45, 7) is 6.88. The van der Waals surface area contributed by atoms with Gasteiger partial charge in [-0.05, 0) is 72.8 Å². The minimum atomic E-state index is -0.122. The predicted molar refractivity (Wildman–Crippen MR) is 107 cm³/mol. The molecule has 1 aliphatic heterocycles. The predicted octanol–water partition coefficient (Wildman–Crippen LogP) is 5.60. The average molecular weight is 358 g/mol. The first-order valence-electron chi connectivity index (χ1n) is 10.1. The minimum Gasteiger partial charge on any atom is -0.396 e. The molecule has 0 amide bonds. The maximum absolute atomic E-state index is 13.4. The van der Waals surface area contributed by atoms with Gasteiger partial charge in [0.25, 0.3) is 0 Å². The molecule has 0 spiro atoms. The van der Waals surface area contributed by atoms with E-state index in [2.05, 4.69) is 44.3 Å². The molecule has 1 aliphatic carbocycles. The van der Waals surface area contributed by atoms with Gasteiger partial charge in [0.05, 0.1) is 0 Å². The third-order valence-corrected chi connectivity index (χ3v) is 6.29. The zero-order valence-corrected chi connectivity index (χ0v) is 16.2. The number of nitrogens with one attached hydrogen (secondary N) is 1. The number of hydrogen-bond donors (Lipinski definition) is 2. The van der Waals surface area contributed by atoms with E-state index in [-0.39, 0.29) is 12.4 Å². The van der Waals surface area contributed by atoms with Crippen LogP contribution in [0, 0.1) is 17.8 Å². The number of aliphatic hydroxyl groups excluding tert-OH is 1. The van der Waals surface area contributed by atoms with Crippen LogP contribution in [0.1, 0.15) is 57.1 Å². The second-order valence-electron chi connectivity index (χ2n) is 8.11. The first-order chi connectivity index (χ1) is 12.5. The highest BCUT2D eigenvalue weighted by Gasteiger charge is 2.37. The van der Waals surface area contributed by atoms with Gasteiger partial charge in [-0.25, -0.2) is 4.39 Å². The highest BCUT2D eigenvalue weighted by atomic mass is 19.1.